The van der Waals surface area contributed by atoms with Gasteiger partial charge in [-0.2, -0.15) is 0 Å². The molecule has 0 unspecified atom stereocenters. The minimum atomic E-state index is 0.265. The van der Waals surface area contributed by atoms with Gasteiger partial charge in [-0.3, -0.25) is 0 Å². The molecule has 0 aliphatic carbocycles. The van der Waals surface area contributed by atoms with Crippen LogP contribution < -0.4 is 11.1 Å². The van der Waals surface area contributed by atoms with Crippen molar-refractivity contribution < 1.29 is 0 Å². The highest BCUT2D eigenvalue weighted by molar-refractivity contribution is 7.80. The topological polar surface area (TPSA) is 63.8 Å². The molecule has 5 heteroatoms. The quantitative estimate of drug-likeness (QED) is 0.828. The Labute approximate surface area is 111 Å². The van der Waals surface area contributed by atoms with Gasteiger partial charge in [0.25, 0.3) is 0 Å². The molecule has 1 heterocycles. The first-order chi connectivity index (χ1) is 8.54. The van der Waals surface area contributed by atoms with Crippen molar-refractivity contribution in [3.63, 3.8) is 0 Å². The molecular formula is C13H14N4S. The second-order valence-electron chi connectivity index (χ2n) is 4.13. The number of thiocarbonyl (C=S) groups is 1. The van der Waals surface area contributed by atoms with Crippen molar-refractivity contribution in [2.45, 2.75) is 13.8 Å². The molecule has 0 radical (unpaired) electrons. The number of nitrogens with two attached hydrogens (primary N) is 1. The first-order valence-electron chi connectivity index (χ1n) is 5.53. The van der Waals surface area contributed by atoms with Crippen molar-refractivity contribution in [3.05, 3.63) is 47.3 Å². The number of benzene rings is 1. The van der Waals surface area contributed by atoms with Crippen LogP contribution in [0.3, 0.4) is 0 Å². The molecule has 0 bridgehead atoms. The molecule has 3 N–H and O–H groups in total. The zero-order chi connectivity index (χ0) is 13.1. The maximum atomic E-state index is 5.54. The molecule has 0 saturated carbocycles. The smallest absolute Gasteiger partial charge is 0.227 e. The van der Waals surface area contributed by atoms with Gasteiger partial charge in [-0.15, -0.1) is 0 Å². The third-order valence-corrected chi connectivity index (χ3v) is 2.59. The van der Waals surface area contributed by atoms with E-state index in [0.29, 0.717) is 11.6 Å². The van der Waals surface area contributed by atoms with E-state index in [9.17, 15) is 0 Å². The maximum absolute atomic E-state index is 5.54. The Balaban J connectivity index is 2.28. The average molecular weight is 258 g/mol. The SMILES string of the molecule is Cc1cc(C)cc(Nc2nccc(C(N)=S)n2)c1. The zero-order valence-corrected chi connectivity index (χ0v) is 11.1. The summed E-state index contributed by atoms with van der Waals surface area (Å²) in [5.41, 5.74) is 9.42. The molecule has 0 aliphatic heterocycles. The Morgan fingerprint density at radius 1 is 1.22 bits per heavy atom. The van der Waals surface area contributed by atoms with Crippen molar-refractivity contribution in [2.24, 2.45) is 5.73 Å². The summed E-state index contributed by atoms with van der Waals surface area (Å²) in [4.78, 5) is 8.64. The fourth-order valence-electron chi connectivity index (χ4n) is 1.73. The van der Waals surface area contributed by atoms with Gasteiger partial charge in [0.2, 0.25) is 5.95 Å². The number of aryl methyl sites for hydroxylation is 2. The van der Waals surface area contributed by atoms with Crippen LogP contribution in [0.1, 0.15) is 16.8 Å². The summed E-state index contributed by atoms with van der Waals surface area (Å²) in [6.45, 7) is 4.09. The Morgan fingerprint density at radius 2 is 1.89 bits per heavy atom. The molecule has 0 aliphatic rings. The number of hydrogen-bond donors (Lipinski definition) is 2. The summed E-state index contributed by atoms with van der Waals surface area (Å²) < 4.78 is 0. The molecule has 2 aromatic rings. The molecule has 1 aromatic carbocycles. The van der Waals surface area contributed by atoms with Crippen molar-refractivity contribution in [1.29, 1.82) is 0 Å². The van der Waals surface area contributed by atoms with Crippen molar-refractivity contribution >= 4 is 28.8 Å². The van der Waals surface area contributed by atoms with E-state index in [0.717, 1.165) is 5.69 Å². The van der Waals surface area contributed by atoms with E-state index in [4.69, 9.17) is 18.0 Å². The van der Waals surface area contributed by atoms with Gasteiger partial charge in [-0.1, -0.05) is 18.3 Å². The monoisotopic (exact) mass is 258 g/mol. The number of anilines is 2. The van der Waals surface area contributed by atoms with Crippen molar-refractivity contribution in [2.75, 3.05) is 5.32 Å². The lowest BCUT2D eigenvalue weighted by molar-refractivity contribution is 1.15. The van der Waals surface area contributed by atoms with Crippen LogP contribution in [0.4, 0.5) is 11.6 Å². The first-order valence-corrected chi connectivity index (χ1v) is 5.93. The third kappa shape index (κ3) is 3.01. The number of nitrogens with zero attached hydrogens (tertiary/aromatic N) is 2. The average Bonchev–Trinajstić information content (AvgIpc) is 2.27. The highest BCUT2D eigenvalue weighted by Gasteiger charge is 2.02. The maximum Gasteiger partial charge on any atom is 0.227 e. The molecule has 0 spiro atoms. The predicted octanol–water partition coefficient (Wildman–Crippen LogP) is 2.47. The normalized spacial score (nSPS) is 10.1. The highest BCUT2D eigenvalue weighted by Crippen LogP contribution is 2.17. The molecule has 18 heavy (non-hydrogen) atoms. The van der Waals surface area contributed by atoms with Gasteiger partial charge in [-0.05, 0) is 43.2 Å². The summed E-state index contributed by atoms with van der Waals surface area (Å²) in [6, 6.07) is 7.86. The van der Waals surface area contributed by atoms with Gasteiger partial charge in [0.1, 0.15) is 10.7 Å². The summed E-state index contributed by atoms with van der Waals surface area (Å²) in [5.74, 6) is 0.491. The minimum absolute atomic E-state index is 0.265. The van der Waals surface area contributed by atoms with Crippen LogP contribution in [-0.2, 0) is 0 Å². The molecule has 92 valence electrons. The number of rotatable bonds is 3. The van der Waals surface area contributed by atoms with E-state index >= 15 is 0 Å². The number of nitrogens with one attached hydrogen (secondary N) is 1. The lowest BCUT2D eigenvalue weighted by atomic mass is 10.1. The lowest BCUT2D eigenvalue weighted by Gasteiger charge is -2.07. The fraction of sp³-hybridized carbons (Fsp3) is 0.154. The molecular weight excluding hydrogens is 244 g/mol. The Morgan fingerprint density at radius 3 is 2.50 bits per heavy atom. The van der Waals surface area contributed by atoms with Gasteiger partial charge >= 0.3 is 0 Å². The van der Waals surface area contributed by atoms with Gasteiger partial charge in [0, 0.05) is 11.9 Å². The first kappa shape index (κ1) is 12.4. The Hall–Kier alpha value is -2.01. The van der Waals surface area contributed by atoms with E-state index in [2.05, 4.69) is 21.4 Å². The minimum Gasteiger partial charge on any atom is -0.388 e. The molecule has 0 fully saturated rings. The van der Waals surface area contributed by atoms with Crippen LogP contribution in [0, 0.1) is 13.8 Å². The summed E-state index contributed by atoms with van der Waals surface area (Å²) in [5, 5.41) is 3.14. The van der Waals surface area contributed by atoms with Crippen LogP contribution in [0.15, 0.2) is 30.5 Å². The molecule has 0 saturated heterocycles. The molecule has 0 amide bonds. The van der Waals surface area contributed by atoms with E-state index in [1.807, 2.05) is 26.0 Å². The molecule has 0 atom stereocenters. The van der Waals surface area contributed by atoms with E-state index in [1.165, 1.54) is 11.1 Å². The van der Waals surface area contributed by atoms with Crippen LogP contribution in [0.2, 0.25) is 0 Å². The van der Waals surface area contributed by atoms with Crippen LogP contribution in [-0.4, -0.2) is 15.0 Å². The summed E-state index contributed by atoms with van der Waals surface area (Å²) >= 11 is 4.89. The van der Waals surface area contributed by atoms with E-state index in [-0.39, 0.29) is 4.99 Å². The van der Waals surface area contributed by atoms with Gasteiger partial charge in [0.15, 0.2) is 0 Å². The molecule has 1 aromatic heterocycles. The summed E-state index contributed by atoms with van der Waals surface area (Å²) in [6.07, 6.45) is 1.63. The molecule has 2 rings (SSSR count). The Kier molecular flexibility index (Phi) is 3.53. The van der Waals surface area contributed by atoms with Gasteiger partial charge in [-0.25, -0.2) is 9.97 Å². The van der Waals surface area contributed by atoms with Gasteiger partial charge < -0.3 is 11.1 Å². The second-order valence-corrected chi connectivity index (χ2v) is 4.57. The summed E-state index contributed by atoms with van der Waals surface area (Å²) in [7, 11) is 0. The van der Waals surface area contributed by atoms with Crippen molar-refractivity contribution in [1.82, 2.24) is 9.97 Å². The van der Waals surface area contributed by atoms with Crippen LogP contribution in [0.25, 0.3) is 0 Å². The van der Waals surface area contributed by atoms with E-state index in [1.54, 1.807) is 12.3 Å². The standard InChI is InChI=1S/C13H14N4S/c1-8-5-9(2)7-10(6-8)16-13-15-4-3-11(17-13)12(14)18/h3-7H,1-2H3,(H2,14,18)(H,15,16,17). The highest BCUT2D eigenvalue weighted by atomic mass is 32.1. The van der Waals surface area contributed by atoms with Crippen LogP contribution >= 0.6 is 12.2 Å². The number of aromatic nitrogens is 2. The van der Waals surface area contributed by atoms with Gasteiger partial charge in [0.05, 0.1) is 0 Å². The van der Waals surface area contributed by atoms with Crippen molar-refractivity contribution in [3.8, 4) is 0 Å². The number of hydrogen-bond acceptors (Lipinski definition) is 4. The lowest BCUT2D eigenvalue weighted by Crippen LogP contribution is -2.12. The molecule has 4 nitrogen and oxygen atoms in total. The van der Waals surface area contributed by atoms with E-state index < -0.39 is 0 Å². The zero-order valence-electron chi connectivity index (χ0n) is 10.3. The second kappa shape index (κ2) is 5.10. The third-order valence-electron chi connectivity index (χ3n) is 2.39. The Bertz CT molecular complexity index is 575. The fourth-order valence-corrected chi connectivity index (χ4v) is 1.85. The predicted molar refractivity (Wildman–Crippen MR) is 77.1 cm³/mol. The largest absolute Gasteiger partial charge is 0.388 e. The van der Waals surface area contributed by atoms with Crippen LogP contribution in [0.5, 0.6) is 0 Å².